The standard InChI is InChI=1S/C27H24NO4/c1-3-31-27(30)25-22-11-8-17-14-20-15-19(7-10-21-6-4-5-13-28(21)2)26(29)32-24(20)16-18(17)9-12-23(22)25/h4-7,10,13-16,22-23,25H,3,8,11H2,1-2H3/q+1. The van der Waals surface area contributed by atoms with Crippen molar-refractivity contribution in [2.75, 3.05) is 6.61 Å². The minimum absolute atomic E-state index is 0.0664. The van der Waals surface area contributed by atoms with Gasteiger partial charge in [-0.15, -0.1) is 0 Å². The van der Waals surface area contributed by atoms with Gasteiger partial charge in [0.1, 0.15) is 12.6 Å². The van der Waals surface area contributed by atoms with Crippen molar-refractivity contribution >= 4 is 29.1 Å². The van der Waals surface area contributed by atoms with Gasteiger partial charge in [-0.2, -0.15) is 0 Å². The zero-order valence-corrected chi connectivity index (χ0v) is 18.1. The van der Waals surface area contributed by atoms with Crippen molar-refractivity contribution in [2.45, 2.75) is 19.8 Å². The van der Waals surface area contributed by atoms with Gasteiger partial charge in [-0.1, -0.05) is 11.8 Å². The van der Waals surface area contributed by atoms with Gasteiger partial charge in [0.25, 0.3) is 0 Å². The highest BCUT2D eigenvalue weighted by Crippen LogP contribution is 2.50. The Morgan fingerprint density at radius 2 is 2.16 bits per heavy atom. The van der Waals surface area contributed by atoms with E-state index in [0.717, 1.165) is 35.0 Å². The first-order valence-electron chi connectivity index (χ1n) is 11.0. The van der Waals surface area contributed by atoms with Gasteiger partial charge in [-0.3, -0.25) is 4.79 Å². The molecule has 5 nitrogen and oxygen atoms in total. The topological polar surface area (TPSA) is 60.4 Å². The Labute approximate surface area is 186 Å². The molecule has 2 aliphatic rings. The van der Waals surface area contributed by atoms with E-state index < -0.39 is 0 Å². The molecule has 2 aliphatic carbocycles. The summed E-state index contributed by atoms with van der Waals surface area (Å²) in [7, 11) is 1.96. The Morgan fingerprint density at radius 3 is 2.97 bits per heavy atom. The van der Waals surface area contributed by atoms with Crippen LogP contribution < -0.4 is 10.2 Å². The largest absolute Gasteiger partial charge is 0.466 e. The zero-order chi connectivity index (χ0) is 22.2. The molecule has 0 aliphatic heterocycles. The molecule has 1 saturated carbocycles. The molecule has 32 heavy (non-hydrogen) atoms. The van der Waals surface area contributed by atoms with Gasteiger partial charge in [0.2, 0.25) is 5.69 Å². The number of carbonyl (C=O) groups is 1. The molecule has 0 spiro atoms. The number of esters is 1. The molecular formula is C27H24NO4+. The van der Waals surface area contributed by atoms with Crippen LogP contribution in [0.3, 0.4) is 0 Å². The molecule has 3 unspecified atom stereocenters. The molecular weight excluding hydrogens is 402 g/mol. The maximum Gasteiger partial charge on any atom is 0.343 e. The van der Waals surface area contributed by atoms with Gasteiger partial charge in [0, 0.05) is 35.1 Å². The van der Waals surface area contributed by atoms with Crippen LogP contribution in [0.5, 0.6) is 0 Å². The smallest absolute Gasteiger partial charge is 0.343 e. The molecule has 2 heterocycles. The molecule has 0 saturated heterocycles. The molecule has 3 aromatic rings. The summed E-state index contributed by atoms with van der Waals surface area (Å²) >= 11 is 0. The number of fused-ring (bicyclic) bond motifs is 3. The molecule has 160 valence electrons. The van der Waals surface area contributed by atoms with Crippen molar-refractivity contribution in [1.29, 1.82) is 0 Å². The van der Waals surface area contributed by atoms with Gasteiger partial charge in [0.15, 0.2) is 6.20 Å². The molecule has 0 amide bonds. The van der Waals surface area contributed by atoms with Crippen molar-refractivity contribution in [3.05, 3.63) is 75.4 Å². The van der Waals surface area contributed by atoms with E-state index in [1.165, 1.54) is 0 Å². The van der Waals surface area contributed by atoms with Crippen LogP contribution in [0, 0.1) is 29.6 Å². The Balaban J connectivity index is 1.46. The number of aromatic nitrogens is 1. The number of pyridine rings is 1. The number of benzene rings is 1. The molecule has 5 heteroatoms. The van der Waals surface area contributed by atoms with Crippen LogP contribution in [-0.2, 0) is 23.0 Å². The van der Waals surface area contributed by atoms with Crippen molar-refractivity contribution in [2.24, 2.45) is 24.8 Å². The Bertz CT molecular complexity index is 1370. The molecule has 0 N–H and O–H groups in total. The maximum absolute atomic E-state index is 12.6. The number of hydrogen-bond donors (Lipinski definition) is 0. The highest BCUT2D eigenvalue weighted by molar-refractivity contribution is 5.83. The van der Waals surface area contributed by atoms with Crippen LogP contribution in [0.2, 0.25) is 0 Å². The van der Waals surface area contributed by atoms with E-state index in [2.05, 4.69) is 17.9 Å². The SMILES string of the molecule is CCOC(=O)C1C2C#Cc3cc4oc(=O)c(C=Cc5cccc[n+]5C)cc4cc3CCC21. The summed E-state index contributed by atoms with van der Waals surface area (Å²) in [5.41, 5.74) is 3.62. The van der Waals surface area contributed by atoms with Gasteiger partial charge in [-0.25, -0.2) is 9.36 Å². The van der Waals surface area contributed by atoms with Crippen molar-refractivity contribution in [3.63, 3.8) is 0 Å². The highest BCUT2D eigenvalue weighted by Gasteiger charge is 2.54. The number of nitrogens with zero attached hydrogens (tertiary/aromatic N) is 1. The number of hydrogen-bond acceptors (Lipinski definition) is 4. The van der Waals surface area contributed by atoms with E-state index in [4.69, 9.17) is 9.15 Å². The average Bonchev–Trinajstić information content (AvgIpc) is 3.46. The first-order valence-corrected chi connectivity index (χ1v) is 11.0. The summed E-state index contributed by atoms with van der Waals surface area (Å²) in [5, 5.41) is 0.872. The second-order valence-corrected chi connectivity index (χ2v) is 8.38. The lowest BCUT2D eigenvalue weighted by Gasteiger charge is -2.09. The third-order valence-corrected chi connectivity index (χ3v) is 6.36. The molecule has 3 atom stereocenters. The lowest BCUT2D eigenvalue weighted by molar-refractivity contribution is -0.673. The van der Waals surface area contributed by atoms with Gasteiger partial charge < -0.3 is 9.15 Å². The lowest BCUT2D eigenvalue weighted by Crippen LogP contribution is -2.30. The molecule has 2 aromatic heterocycles. The van der Waals surface area contributed by atoms with E-state index in [9.17, 15) is 9.59 Å². The van der Waals surface area contributed by atoms with E-state index in [0.29, 0.717) is 17.8 Å². The minimum Gasteiger partial charge on any atom is -0.466 e. The van der Waals surface area contributed by atoms with Crippen molar-refractivity contribution < 1.29 is 18.5 Å². The summed E-state index contributed by atoms with van der Waals surface area (Å²) in [6, 6.07) is 11.7. The van der Waals surface area contributed by atoms with Crippen molar-refractivity contribution in [1.82, 2.24) is 0 Å². The summed E-state index contributed by atoms with van der Waals surface area (Å²) in [4.78, 5) is 24.7. The minimum atomic E-state index is -0.379. The van der Waals surface area contributed by atoms with Crippen LogP contribution in [0.1, 0.15) is 35.7 Å². The Morgan fingerprint density at radius 1 is 1.28 bits per heavy atom. The number of carbonyl (C=O) groups excluding carboxylic acids is 1. The van der Waals surface area contributed by atoms with Gasteiger partial charge >= 0.3 is 11.6 Å². The second-order valence-electron chi connectivity index (χ2n) is 8.38. The first-order chi connectivity index (χ1) is 15.5. The Kier molecular flexibility index (Phi) is 5.14. The summed E-state index contributed by atoms with van der Waals surface area (Å²) in [5.74, 6) is 6.57. The molecule has 5 rings (SSSR count). The van der Waals surface area contributed by atoms with Crippen LogP contribution in [0.15, 0.2) is 51.8 Å². The molecule has 0 bridgehead atoms. The molecule has 1 fully saturated rings. The van der Waals surface area contributed by atoms with Gasteiger partial charge in [0.05, 0.1) is 18.1 Å². The van der Waals surface area contributed by atoms with Gasteiger partial charge in [-0.05, 0) is 61.6 Å². The quantitative estimate of drug-likeness (QED) is 0.277. The van der Waals surface area contributed by atoms with E-state index in [1.54, 1.807) is 6.08 Å². The zero-order valence-electron chi connectivity index (χ0n) is 18.1. The fourth-order valence-electron chi connectivity index (χ4n) is 4.53. The number of aryl methyl sites for hydroxylation is 2. The second kappa shape index (κ2) is 8.12. The van der Waals surface area contributed by atoms with Crippen LogP contribution in [0.25, 0.3) is 23.1 Å². The predicted octanol–water partition coefficient (Wildman–Crippen LogP) is 3.51. The third kappa shape index (κ3) is 3.73. The fraction of sp³-hybridized carbons (Fsp3) is 0.296. The third-order valence-electron chi connectivity index (χ3n) is 6.36. The Hall–Kier alpha value is -3.65. The van der Waals surface area contributed by atoms with Crippen LogP contribution >= 0.6 is 0 Å². The number of rotatable bonds is 4. The molecule has 0 radical (unpaired) electrons. The maximum atomic E-state index is 12.6. The fourth-order valence-corrected chi connectivity index (χ4v) is 4.53. The lowest BCUT2D eigenvalue weighted by atomic mass is 9.96. The average molecular weight is 426 g/mol. The normalized spacial score (nSPS) is 21.1. The summed E-state index contributed by atoms with van der Waals surface area (Å²) < 4.78 is 12.8. The van der Waals surface area contributed by atoms with E-state index in [-0.39, 0.29) is 29.3 Å². The van der Waals surface area contributed by atoms with Crippen LogP contribution in [0.4, 0.5) is 0 Å². The van der Waals surface area contributed by atoms with E-state index in [1.807, 2.05) is 61.1 Å². The van der Waals surface area contributed by atoms with Crippen molar-refractivity contribution in [3.8, 4) is 11.8 Å². The molecule has 1 aromatic carbocycles. The predicted molar refractivity (Wildman–Crippen MR) is 121 cm³/mol. The number of ether oxygens (including phenoxy) is 1. The van der Waals surface area contributed by atoms with Crippen LogP contribution in [-0.4, -0.2) is 12.6 Å². The monoisotopic (exact) mass is 426 g/mol. The summed E-state index contributed by atoms with van der Waals surface area (Å²) in [6.45, 7) is 2.22. The van der Waals surface area contributed by atoms with E-state index >= 15 is 0 Å². The highest BCUT2D eigenvalue weighted by atomic mass is 16.5. The summed E-state index contributed by atoms with van der Waals surface area (Å²) in [6.07, 6.45) is 7.38. The first kappa shape index (κ1) is 20.3.